The lowest BCUT2D eigenvalue weighted by Crippen LogP contribution is -2.24. The van der Waals surface area contributed by atoms with Gasteiger partial charge in [0.1, 0.15) is 11.4 Å². The standard InChI is InChI=1S/C17H19ClO2/c1-11-9-10-14(16(20-4)12(11)2)17(3,19)13-7-5-6-8-15(13)18/h5-10,19H,1-4H3. The van der Waals surface area contributed by atoms with Gasteiger partial charge in [-0.2, -0.15) is 0 Å². The third-order valence-corrected chi connectivity index (χ3v) is 4.13. The largest absolute Gasteiger partial charge is 0.496 e. The second kappa shape index (κ2) is 5.47. The van der Waals surface area contributed by atoms with Crippen molar-refractivity contribution in [2.24, 2.45) is 0 Å². The zero-order valence-electron chi connectivity index (χ0n) is 12.2. The van der Waals surface area contributed by atoms with Crippen molar-refractivity contribution in [1.29, 1.82) is 0 Å². The first-order chi connectivity index (χ1) is 9.39. The summed E-state index contributed by atoms with van der Waals surface area (Å²) in [4.78, 5) is 0. The molecule has 2 aromatic rings. The molecule has 0 fully saturated rings. The van der Waals surface area contributed by atoms with Gasteiger partial charge in [-0.05, 0) is 38.0 Å². The van der Waals surface area contributed by atoms with Gasteiger partial charge in [-0.1, -0.05) is 41.9 Å². The van der Waals surface area contributed by atoms with Crippen LogP contribution in [0.25, 0.3) is 0 Å². The van der Waals surface area contributed by atoms with Crippen LogP contribution in [-0.4, -0.2) is 12.2 Å². The molecule has 0 aromatic heterocycles. The third kappa shape index (κ3) is 2.41. The van der Waals surface area contributed by atoms with Gasteiger partial charge in [0.2, 0.25) is 0 Å². The second-order valence-corrected chi connectivity index (χ2v) is 5.55. The van der Waals surface area contributed by atoms with E-state index in [4.69, 9.17) is 16.3 Å². The van der Waals surface area contributed by atoms with Gasteiger partial charge in [0.15, 0.2) is 0 Å². The number of halogens is 1. The van der Waals surface area contributed by atoms with Crippen LogP contribution in [0.1, 0.15) is 29.2 Å². The Morgan fingerprint density at radius 2 is 1.70 bits per heavy atom. The lowest BCUT2D eigenvalue weighted by atomic mass is 9.85. The van der Waals surface area contributed by atoms with Crippen molar-refractivity contribution >= 4 is 11.6 Å². The SMILES string of the molecule is COc1c(C(C)(O)c2ccccc2Cl)ccc(C)c1C. The van der Waals surface area contributed by atoms with Crippen molar-refractivity contribution < 1.29 is 9.84 Å². The molecule has 0 bridgehead atoms. The molecule has 106 valence electrons. The number of ether oxygens (including phenoxy) is 1. The van der Waals surface area contributed by atoms with Gasteiger partial charge < -0.3 is 9.84 Å². The molecule has 0 amide bonds. The van der Waals surface area contributed by atoms with Crippen molar-refractivity contribution in [2.45, 2.75) is 26.4 Å². The Kier molecular flexibility index (Phi) is 4.07. The molecule has 1 atom stereocenters. The molecule has 2 aromatic carbocycles. The van der Waals surface area contributed by atoms with Gasteiger partial charge in [-0.25, -0.2) is 0 Å². The highest BCUT2D eigenvalue weighted by atomic mass is 35.5. The van der Waals surface area contributed by atoms with E-state index in [9.17, 15) is 5.11 Å². The number of rotatable bonds is 3. The normalized spacial score (nSPS) is 13.9. The average molecular weight is 291 g/mol. The Bertz CT molecular complexity index is 633. The number of benzene rings is 2. The molecule has 0 spiro atoms. The molecule has 2 rings (SSSR count). The van der Waals surface area contributed by atoms with Gasteiger partial charge in [0, 0.05) is 16.1 Å². The molecule has 0 saturated heterocycles. The zero-order valence-corrected chi connectivity index (χ0v) is 13.0. The number of methoxy groups -OCH3 is 1. The first kappa shape index (κ1) is 14.9. The van der Waals surface area contributed by atoms with E-state index in [2.05, 4.69) is 0 Å². The van der Waals surface area contributed by atoms with Crippen molar-refractivity contribution in [2.75, 3.05) is 7.11 Å². The van der Waals surface area contributed by atoms with E-state index in [-0.39, 0.29) is 0 Å². The molecule has 0 aliphatic carbocycles. The fraction of sp³-hybridized carbons (Fsp3) is 0.294. The molecular weight excluding hydrogens is 272 g/mol. The summed E-state index contributed by atoms with van der Waals surface area (Å²) >= 11 is 6.22. The predicted octanol–water partition coefficient (Wildman–Crippen LogP) is 4.22. The van der Waals surface area contributed by atoms with Gasteiger partial charge in [-0.3, -0.25) is 0 Å². The monoisotopic (exact) mass is 290 g/mol. The maximum Gasteiger partial charge on any atom is 0.128 e. The van der Waals surface area contributed by atoms with Crippen molar-refractivity contribution in [1.82, 2.24) is 0 Å². The van der Waals surface area contributed by atoms with E-state index >= 15 is 0 Å². The van der Waals surface area contributed by atoms with E-state index in [0.717, 1.165) is 16.7 Å². The molecule has 0 aliphatic rings. The fourth-order valence-corrected chi connectivity index (χ4v) is 2.76. The summed E-state index contributed by atoms with van der Waals surface area (Å²) in [5, 5.41) is 11.5. The van der Waals surface area contributed by atoms with Gasteiger partial charge in [-0.15, -0.1) is 0 Å². The van der Waals surface area contributed by atoms with Gasteiger partial charge in [0.05, 0.1) is 7.11 Å². The summed E-state index contributed by atoms with van der Waals surface area (Å²) in [6.45, 7) is 5.74. The van der Waals surface area contributed by atoms with Gasteiger partial charge in [0.25, 0.3) is 0 Å². The summed E-state index contributed by atoms with van der Waals surface area (Å²) in [5.74, 6) is 0.704. The minimum Gasteiger partial charge on any atom is -0.496 e. The first-order valence-corrected chi connectivity index (χ1v) is 6.89. The van der Waals surface area contributed by atoms with Crippen LogP contribution in [0.15, 0.2) is 36.4 Å². The Morgan fingerprint density at radius 3 is 2.30 bits per heavy atom. The van der Waals surface area contributed by atoms with Crippen LogP contribution in [0.4, 0.5) is 0 Å². The smallest absolute Gasteiger partial charge is 0.128 e. The van der Waals surface area contributed by atoms with E-state index in [1.165, 1.54) is 0 Å². The Morgan fingerprint density at radius 1 is 1.05 bits per heavy atom. The summed E-state index contributed by atoms with van der Waals surface area (Å²) in [6.07, 6.45) is 0. The van der Waals surface area contributed by atoms with E-state index < -0.39 is 5.60 Å². The van der Waals surface area contributed by atoms with Crippen molar-refractivity contribution in [3.05, 3.63) is 63.7 Å². The highest BCUT2D eigenvalue weighted by Gasteiger charge is 2.31. The zero-order chi connectivity index (χ0) is 14.9. The maximum absolute atomic E-state index is 11.0. The van der Waals surface area contributed by atoms with Crippen LogP contribution in [0, 0.1) is 13.8 Å². The second-order valence-electron chi connectivity index (χ2n) is 5.14. The highest BCUT2D eigenvalue weighted by Crippen LogP contribution is 2.40. The first-order valence-electron chi connectivity index (χ1n) is 6.51. The summed E-state index contributed by atoms with van der Waals surface area (Å²) in [7, 11) is 1.62. The van der Waals surface area contributed by atoms with Crippen LogP contribution in [-0.2, 0) is 5.60 Å². The molecular formula is C17H19ClO2. The number of aryl methyl sites for hydroxylation is 1. The minimum atomic E-state index is -1.21. The number of hydrogen-bond acceptors (Lipinski definition) is 2. The summed E-state index contributed by atoms with van der Waals surface area (Å²) in [6, 6.07) is 11.2. The summed E-state index contributed by atoms with van der Waals surface area (Å²) < 4.78 is 5.50. The number of hydrogen-bond donors (Lipinski definition) is 1. The van der Waals surface area contributed by atoms with Gasteiger partial charge >= 0.3 is 0 Å². The average Bonchev–Trinajstić information content (AvgIpc) is 2.41. The molecule has 0 aliphatic heterocycles. The van der Waals surface area contributed by atoms with E-state index in [0.29, 0.717) is 16.3 Å². The molecule has 3 heteroatoms. The van der Waals surface area contributed by atoms with E-state index in [1.807, 2.05) is 44.2 Å². The Balaban J connectivity index is 2.67. The van der Waals surface area contributed by atoms with Crippen molar-refractivity contribution in [3.8, 4) is 5.75 Å². The molecule has 0 saturated carbocycles. The lowest BCUT2D eigenvalue weighted by molar-refractivity contribution is 0.0989. The van der Waals surface area contributed by atoms with Crippen LogP contribution in [0.5, 0.6) is 5.75 Å². The fourth-order valence-electron chi connectivity index (χ4n) is 2.44. The molecule has 1 N–H and O–H groups in total. The molecule has 1 unspecified atom stereocenters. The highest BCUT2D eigenvalue weighted by molar-refractivity contribution is 6.31. The quantitative estimate of drug-likeness (QED) is 0.917. The lowest BCUT2D eigenvalue weighted by Gasteiger charge is -2.28. The Hall–Kier alpha value is -1.51. The maximum atomic E-state index is 11.0. The van der Waals surface area contributed by atoms with Crippen LogP contribution >= 0.6 is 11.6 Å². The third-order valence-electron chi connectivity index (χ3n) is 3.80. The summed E-state index contributed by atoms with van der Waals surface area (Å²) in [5.41, 5.74) is 2.33. The molecule has 2 nitrogen and oxygen atoms in total. The molecule has 0 radical (unpaired) electrons. The van der Waals surface area contributed by atoms with Crippen LogP contribution in [0.2, 0.25) is 5.02 Å². The van der Waals surface area contributed by atoms with Crippen molar-refractivity contribution in [3.63, 3.8) is 0 Å². The molecule has 0 heterocycles. The van der Waals surface area contributed by atoms with Crippen LogP contribution < -0.4 is 4.74 Å². The topological polar surface area (TPSA) is 29.5 Å². The minimum absolute atomic E-state index is 0.540. The predicted molar refractivity (Wildman–Crippen MR) is 82.6 cm³/mol. The van der Waals surface area contributed by atoms with Crippen LogP contribution in [0.3, 0.4) is 0 Å². The number of aliphatic hydroxyl groups is 1. The van der Waals surface area contributed by atoms with E-state index in [1.54, 1.807) is 20.1 Å². The molecule has 20 heavy (non-hydrogen) atoms. The Labute approximate surface area is 125 Å².